The van der Waals surface area contributed by atoms with Gasteiger partial charge in [0.2, 0.25) is 5.91 Å². The van der Waals surface area contributed by atoms with Gasteiger partial charge in [0.05, 0.1) is 13.5 Å². The molecule has 1 saturated heterocycles. The minimum Gasteiger partial charge on any atom is -0.497 e. The molecule has 3 amide bonds. The summed E-state index contributed by atoms with van der Waals surface area (Å²) in [5.41, 5.74) is 7.79. The molecule has 0 aliphatic carbocycles. The molecule has 8 heteroatoms. The van der Waals surface area contributed by atoms with E-state index in [4.69, 9.17) is 10.5 Å². The molecule has 170 valence electrons. The Morgan fingerprint density at radius 1 is 1.09 bits per heavy atom. The second-order valence-corrected chi connectivity index (χ2v) is 7.79. The summed E-state index contributed by atoms with van der Waals surface area (Å²) in [6.07, 6.45) is -0.307. The molecule has 2 aromatic carbocycles. The van der Waals surface area contributed by atoms with E-state index in [0.29, 0.717) is 30.8 Å². The van der Waals surface area contributed by atoms with Crippen LogP contribution in [0, 0.1) is 6.92 Å². The van der Waals surface area contributed by atoms with Gasteiger partial charge in [-0.05, 0) is 43.2 Å². The van der Waals surface area contributed by atoms with E-state index in [1.807, 2.05) is 31.2 Å². The average molecular weight is 439 g/mol. The van der Waals surface area contributed by atoms with Gasteiger partial charge >= 0.3 is 0 Å². The van der Waals surface area contributed by atoms with Crippen molar-refractivity contribution in [1.29, 1.82) is 0 Å². The monoisotopic (exact) mass is 438 g/mol. The lowest BCUT2D eigenvalue weighted by Gasteiger charge is -2.42. The predicted octanol–water partition coefficient (Wildman–Crippen LogP) is 1.32. The molecule has 1 atom stereocenters. The number of hydrogen-bond donors (Lipinski definition) is 2. The first-order valence-corrected chi connectivity index (χ1v) is 10.7. The van der Waals surface area contributed by atoms with E-state index in [1.54, 1.807) is 31.4 Å². The lowest BCUT2D eigenvalue weighted by Crippen LogP contribution is -2.64. The zero-order chi connectivity index (χ0) is 23.1. The van der Waals surface area contributed by atoms with Crippen LogP contribution >= 0.6 is 0 Å². The highest BCUT2D eigenvalue weighted by Crippen LogP contribution is 2.21. The molecule has 3 N–H and O–H groups in total. The van der Waals surface area contributed by atoms with Crippen LogP contribution in [-0.2, 0) is 16.0 Å². The number of hydrogen-bond acceptors (Lipinski definition) is 5. The molecule has 1 fully saturated rings. The third-order valence-corrected chi connectivity index (χ3v) is 5.43. The molecule has 0 radical (unpaired) electrons. The van der Waals surface area contributed by atoms with E-state index in [0.717, 1.165) is 11.1 Å². The standard InChI is InChI=1S/C24H30N4O4/c1-17-5-3-6-19(15-17)24(31)28-14-4-13-27(23(28)22(30)26-12-11-25)21(29)16-18-7-9-20(32-2)10-8-18/h3,5-10,15,23H,4,11-14,16,25H2,1-2H3,(H,26,30). The molecule has 0 bridgehead atoms. The summed E-state index contributed by atoms with van der Waals surface area (Å²) in [5, 5.41) is 2.75. The highest BCUT2D eigenvalue weighted by molar-refractivity contribution is 5.99. The SMILES string of the molecule is COc1ccc(CC(=O)N2CCCN(C(=O)c3cccc(C)c3)C2C(=O)NCCN)cc1. The molecular formula is C24H30N4O4. The Hall–Kier alpha value is -3.39. The first kappa shape index (κ1) is 23.3. The number of aryl methyl sites for hydroxylation is 1. The Labute approximate surface area is 188 Å². The number of rotatable bonds is 7. The molecule has 8 nitrogen and oxygen atoms in total. The number of nitrogens with zero attached hydrogens (tertiary/aromatic N) is 2. The highest BCUT2D eigenvalue weighted by atomic mass is 16.5. The van der Waals surface area contributed by atoms with Crippen molar-refractivity contribution in [2.75, 3.05) is 33.3 Å². The fraction of sp³-hybridized carbons (Fsp3) is 0.375. The topological polar surface area (TPSA) is 105 Å². The molecular weight excluding hydrogens is 408 g/mol. The molecule has 2 aromatic rings. The van der Waals surface area contributed by atoms with Gasteiger partial charge in [-0.25, -0.2) is 0 Å². The maximum Gasteiger partial charge on any atom is 0.263 e. The summed E-state index contributed by atoms with van der Waals surface area (Å²) in [6.45, 7) is 3.22. The number of methoxy groups -OCH3 is 1. The lowest BCUT2D eigenvalue weighted by atomic mass is 10.1. The van der Waals surface area contributed by atoms with E-state index in [1.165, 1.54) is 9.80 Å². The minimum atomic E-state index is -1.02. The molecule has 1 aliphatic heterocycles. The van der Waals surface area contributed by atoms with Crippen LogP contribution in [-0.4, -0.2) is 67.0 Å². The number of ether oxygens (including phenoxy) is 1. The second kappa shape index (κ2) is 10.8. The molecule has 1 aliphatic rings. The average Bonchev–Trinajstić information content (AvgIpc) is 2.82. The minimum absolute atomic E-state index is 0.122. The third kappa shape index (κ3) is 5.45. The van der Waals surface area contributed by atoms with Gasteiger partial charge in [0.15, 0.2) is 6.17 Å². The lowest BCUT2D eigenvalue weighted by molar-refractivity contribution is -0.148. The number of nitrogens with one attached hydrogen (secondary N) is 1. The molecule has 0 spiro atoms. The van der Waals surface area contributed by atoms with Crippen LogP contribution in [0.15, 0.2) is 48.5 Å². The zero-order valence-electron chi connectivity index (χ0n) is 18.5. The van der Waals surface area contributed by atoms with Crippen LogP contribution < -0.4 is 15.8 Å². The van der Waals surface area contributed by atoms with Crippen molar-refractivity contribution >= 4 is 17.7 Å². The normalized spacial score (nSPS) is 15.9. The van der Waals surface area contributed by atoms with Crippen LogP contribution in [0.5, 0.6) is 5.75 Å². The summed E-state index contributed by atoms with van der Waals surface area (Å²) in [5.74, 6) is -0.194. The molecule has 1 heterocycles. The number of amides is 3. The van der Waals surface area contributed by atoms with Crippen LogP contribution in [0.2, 0.25) is 0 Å². The van der Waals surface area contributed by atoms with Gasteiger partial charge in [0, 0.05) is 31.7 Å². The van der Waals surface area contributed by atoms with E-state index >= 15 is 0 Å². The summed E-state index contributed by atoms with van der Waals surface area (Å²) >= 11 is 0. The Morgan fingerprint density at radius 3 is 2.47 bits per heavy atom. The first-order chi connectivity index (χ1) is 15.4. The number of benzene rings is 2. The van der Waals surface area contributed by atoms with E-state index in [2.05, 4.69) is 5.32 Å². The number of carbonyl (C=O) groups is 3. The summed E-state index contributed by atoms with van der Waals surface area (Å²) in [6, 6.07) is 14.4. The quantitative estimate of drug-likeness (QED) is 0.678. The fourth-order valence-corrected chi connectivity index (χ4v) is 3.83. The molecule has 0 aromatic heterocycles. The van der Waals surface area contributed by atoms with Crippen molar-refractivity contribution < 1.29 is 19.1 Å². The summed E-state index contributed by atoms with van der Waals surface area (Å²) in [7, 11) is 1.58. The van der Waals surface area contributed by atoms with Crippen LogP contribution in [0.4, 0.5) is 0 Å². The van der Waals surface area contributed by atoms with E-state index < -0.39 is 12.1 Å². The van der Waals surface area contributed by atoms with Crippen LogP contribution in [0.25, 0.3) is 0 Å². The van der Waals surface area contributed by atoms with Crippen molar-refractivity contribution in [3.8, 4) is 5.75 Å². The number of carbonyl (C=O) groups excluding carboxylic acids is 3. The van der Waals surface area contributed by atoms with Gasteiger partial charge < -0.3 is 25.6 Å². The highest BCUT2D eigenvalue weighted by Gasteiger charge is 2.40. The van der Waals surface area contributed by atoms with Gasteiger partial charge in [-0.2, -0.15) is 0 Å². The summed E-state index contributed by atoms with van der Waals surface area (Å²) < 4.78 is 5.16. The van der Waals surface area contributed by atoms with Gasteiger partial charge in [-0.15, -0.1) is 0 Å². The number of nitrogens with two attached hydrogens (primary N) is 1. The summed E-state index contributed by atoms with van der Waals surface area (Å²) in [4.78, 5) is 42.6. The van der Waals surface area contributed by atoms with Crippen LogP contribution in [0.1, 0.15) is 27.9 Å². The largest absolute Gasteiger partial charge is 0.497 e. The smallest absolute Gasteiger partial charge is 0.263 e. The maximum atomic E-state index is 13.3. The third-order valence-electron chi connectivity index (χ3n) is 5.43. The van der Waals surface area contributed by atoms with Crippen molar-refractivity contribution in [3.05, 3.63) is 65.2 Å². The Bertz CT molecular complexity index is 961. The zero-order valence-corrected chi connectivity index (χ0v) is 18.5. The predicted molar refractivity (Wildman–Crippen MR) is 121 cm³/mol. The van der Waals surface area contributed by atoms with Gasteiger partial charge in [-0.1, -0.05) is 29.8 Å². The Balaban J connectivity index is 1.86. The van der Waals surface area contributed by atoms with Crippen LogP contribution in [0.3, 0.4) is 0 Å². The Kier molecular flexibility index (Phi) is 7.83. The molecule has 32 heavy (non-hydrogen) atoms. The van der Waals surface area contributed by atoms with Gasteiger partial charge in [0.1, 0.15) is 5.75 Å². The van der Waals surface area contributed by atoms with Crippen molar-refractivity contribution in [2.24, 2.45) is 5.73 Å². The van der Waals surface area contributed by atoms with Crippen molar-refractivity contribution in [1.82, 2.24) is 15.1 Å². The first-order valence-electron chi connectivity index (χ1n) is 10.7. The second-order valence-electron chi connectivity index (χ2n) is 7.79. The van der Waals surface area contributed by atoms with Gasteiger partial charge in [-0.3, -0.25) is 14.4 Å². The molecule has 1 unspecified atom stereocenters. The fourth-order valence-electron chi connectivity index (χ4n) is 3.83. The maximum absolute atomic E-state index is 13.3. The van der Waals surface area contributed by atoms with Crippen molar-refractivity contribution in [2.45, 2.75) is 25.9 Å². The molecule has 0 saturated carbocycles. The Morgan fingerprint density at radius 2 is 1.81 bits per heavy atom. The molecule has 3 rings (SSSR count). The van der Waals surface area contributed by atoms with E-state index in [9.17, 15) is 14.4 Å². The van der Waals surface area contributed by atoms with Gasteiger partial charge in [0.25, 0.3) is 11.8 Å². The van der Waals surface area contributed by atoms with E-state index in [-0.39, 0.29) is 31.3 Å². The van der Waals surface area contributed by atoms with Crippen molar-refractivity contribution in [3.63, 3.8) is 0 Å².